The Kier molecular flexibility index (Phi) is 4.54. The molecule has 0 fully saturated rings. The molecule has 0 atom stereocenters. The van der Waals surface area contributed by atoms with E-state index in [9.17, 15) is 4.79 Å². The number of rotatable bonds is 5. The van der Waals surface area contributed by atoms with Crippen molar-refractivity contribution in [1.29, 1.82) is 0 Å². The van der Waals surface area contributed by atoms with Crippen LogP contribution in [0.4, 0.5) is 0 Å². The lowest BCUT2D eigenvalue weighted by molar-refractivity contribution is 0.105. The highest BCUT2D eigenvalue weighted by molar-refractivity contribution is 6.45. The highest BCUT2D eigenvalue weighted by atomic mass is 16.6. The molecule has 0 bridgehead atoms. The SMILES string of the molecule is CCC/C(=N\OC)C(=O)c1ccccc1. The van der Waals surface area contributed by atoms with Crippen LogP contribution in [0.25, 0.3) is 0 Å². The van der Waals surface area contributed by atoms with Crippen LogP contribution in [-0.2, 0) is 4.84 Å². The van der Waals surface area contributed by atoms with Crippen molar-refractivity contribution >= 4 is 11.5 Å². The highest BCUT2D eigenvalue weighted by Crippen LogP contribution is 2.05. The van der Waals surface area contributed by atoms with Gasteiger partial charge in [-0.05, 0) is 6.42 Å². The molecule has 0 aliphatic rings. The predicted octanol–water partition coefficient (Wildman–Crippen LogP) is 2.67. The molecule has 0 unspecified atom stereocenters. The summed E-state index contributed by atoms with van der Waals surface area (Å²) in [5, 5.41) is 3.76. The van der Waals surface area contributed by atoms with Gasteiger partial charge in [0.05, 0.1) is 0 Å². The molecule has 0 amide bonds. The summed E-state index contributed by atoms with van der Waals surface area (Å²) in [6.45, 7) is 2.00. The van der Waals surface area contributed by atoms with Crippen molar-refractivity contribution in [3.63, 3.8) is 0 Å². The molecular weight excluding hydrogens is 190 g/mol. The molecule has 0 radical (unpaired) electrons. The fourth-order valence-electron chi connectivity index (χ4n) is 1.30. The minimum absolute atomic E-state index is 0.0562. The Hall–Kier alpha value is -1.64. The summed E-state index contributed by atoms with van der Waals surface area (Å²) in [7, 11) is 1.45. The quantitative estimate of drug-likeness (QED) is 0.421. The third kappa shape index (κ3) is 3.20. The average molecular weight is 205 g/mol. The van der Waals surface area contributed by atoms with Crippen LogP contribution >= 0.6 is 0 Å². The lowest BCUT2D eigenvalue weighted by Crippen LogP contribution is -2.14. The van der Waals surface area contributed by atoms with Crippen molar-refractivity contribution < 1.29 is 9.63 Å². The van der Waals surface area contributed by atoms with Crippen LogP contribution in [0.2, 0.25) is 0 Å². The highest BCUT2D eigenvalue weighted by Gasteiger charge is 2.13. The summed E-state index contributed by atoms with van der Waals surface area (Å²) in [4.78, 5) is 16.6. The minimum atomic E-state index is -0.0562. The Bertz CT molecular complexity index is 344. The monoisotopic (exact) mass is 205 g/mol. The van der Waals surface area contributed by atoms with E-state index in [0.717, 1.165) is 6.42 Å². The Labute approximate surface area is 89.7 Å². The number of Topliss-reactive ketones (excluding diaryl/α,β-unsaturated/α-hetero) is 1. The van der Waals surface area contributed by atoms with Crippen molar-refractivity contribution in [2.45, 2.75) is 19.8 Å². The van der Waals surface area contributed by atoms with Gasteiger partial charge < -0.3 is 4.84 Å². The van der Waals surface area contributed by atoms with Gasteiger partial charge in [-0.15, -0.1) is 0 Å². The van der Waals surface area contributed by atoms with Crippen LogP contribution < -0.4 is 0 Å². The first-order chi connectivity index (χ1) is 7.29. The Morgan fingerprint density at radius 3 is 2.53 bits per heavy atom. The van der Waals surface area contributed by atoms with Crippen molar-refractivity contribution in [2.75, 3.05) is 7.11 Å². The summed E-state index contributed by atoms with van der Waals surface area (Å²) in [5.74, 6) is -0.0562. The van der Waals surface area contributed by atoms with E-state index in [1.54, 1.807) is 12.1 Å². The molecule has 1 aromatic rings. The number of oxime groups is 1. The first-order valence-corrected chi connectivity index (χ1v) is 4.99. The maximum atomic E-state index is 11.9. The fraction of sp³-hybridized carbons (Fsp3) is 0.333. The standard InChI is InChI=1S/C12H15NO2/c1-3-7-11(13-15-2)12(14)10-8-5-4-6-9-10/h4-6,8-9H,3,7H2,1-2H3/b13-11+. The molecule has 0 aromatic heterocycles. The van der Waals surface area contributed by atoms with Gasteiger partial charge in [-0.1, -0.05) is 48.8 Å². The molecule has 15 heavy (non-hydrogen) atoms. The van der Waals surface area contributed by atoms with Crippen LogP contribution in [-0.4, -0.2) is 18.6 Å². The van der Waals surface area contributed by atoms with Gasteiger partial charge in [-0.2, -0.15) is 0 Å². The molecule has 0 N–H and O–H groups in total. The zero-order valence-electron chi connectivity index (χ0n) is 9.06. The van der Waals surface area contributed by atoms with Crippen molar-refractivity contribution in [1.82, 2.24) is 0 Å². The molecule has 1 rings (SSSR count). The van der Waals surface area contributed by atoms with Crippen molar-refractivity contribution in [3.8, 4) is 0 Å². The van der Waals surface area contributed by atoms with E-state index < -0.39 is 0 Å². The number of nitrogens with zero attached hydrogens (tertiary/aromatic N) is 1. The molecule has 0 aliphatic heterocycles. The lowest BCUT2D eigenvalue weighted by atomic mass is 10.0. The van der Waals surface area contributed by atoms with Crippen molar-refractivity contribution in [3.05, 3.63) is 35.9 Å². The summed E-state index contributed by atoms with van der Waals surface area (Å²) in [6.07, 6.45) is 1.52. The van der Waals surface area contributed by atoms with Gasteiger partial charge in [0.1, 0.15) is 12.8 Å². The molecule has 80 valence electrons. The number of ketones is 1. The van der Waals surface area contributed by atoms with E-state index in [4.69, 9.17) is 0 Å². The number of hydrogen-bond acceptors (Lipinski definition) is 3. The smallest absolute Gasteiger partial charge is 0.210 e. The zero-order chi connectivity index (χ0) is 11.1. The van der Waals surface area contributed by atoms with Crippen LogP contribution in [0.5, 0.6) is 0 Å². The van der Waals surface area contributed by atoms with Gasteiger partial charge in [0.25, 0.3) is 0 Å². The normalized spacial score (nSPS) is 11.2. The van der Waals surface area contributed by atoms with E-state index in [1.807, 2.05) is 25.1 Å². The maximum Gasteiger partial charge on any atom is 0.210 e. The van der Waals surface area contributed by atoms with Crippen LogP contribution in [0.15, 0.2) is 35.5 Å². The zero-order valence-corrected chi connectivity index (χ0v) is 9.06. The molecule has 3 nitrogen and oxygen atoms in total. The van der Waals surface area contributed by atoms with Gasteiger partial charge in [-0.3, -0.25) is 4.79 Å². The molecule has 0 heterocycles. The molecule has 1 aromatic carbocycles. The molecule has 0 aliphatic carbocycles. The van der Waals surface area contributed by atoms with Gasteiger partial charge >= 0.3 is 0 Å². The lowest BCUT2D eigenvalue weighted by Gasteiger charge is -2.02. The van der Waals surface area contributed by atoms with Gasteiger partial charge in [-0.25, -0.2) is 0 Å². The van der Waals surface area contributed by atoms with Crippen LogP contribution in [0, 0.1) is 0 Å². The third-order valence-electron chi connectivity index (χ3n) is 1.99. The van der Waals surface area contributed by atoms with E-state index in [1.165, 1.54) is 7.11 Å². The average Bonchev–Trinajstić information content (AvgIpc) is 2.29. The maximum absolute atomic E-state index is 11.9. The van der Waals surface area contributed by atoms with Gasteiger partial charge in [0.15, 0.2) is 0 Å². The number of carbonyl (C=O) groups is 1. The Balaban J connectivity index is 2.86. The molecular formula is C12H15NO2. The predicted molar refractivity (Wildman–Crippen MR) is 60.1 cm³/mol. The molecule has 0 spiro atoms. The molecule has 3 heteroatoms. The van der Waals surface area contributed by atoms with Crippen LogP contribution in [0.3, 0.4) is 0 Å². The topological polar surface area (TPSA) is 38.7 Å². The van der Waals surface area contributed by atoms with Crippen LogP contribution in [0.1, 0.15) is 30.1 Å². The Morgan fingerprint density at radius 1 is 1.33 bits per heavy atom. The van der Waals surface area contributed by atoms with Crippen molar-refractivity contribution in [2.24, 2.45) is 5.16 Å². The largest absolute Gasteiger partial charge is 0.399 e. The first kappa shape index (κ1) is 11.4. The van der Waals surface area contributed by atoms with E-state index in [2.05, 4.69) is 9.99 Å². The molecule has 0 saturated carbocycles. The fourth-order valence-corrected chi connectivity index (χ4v) is 1.30. The number of hydrogen-bond donors (Lipinski definition) is 0. The second-order valence-electron chi connectivity index (χ2n) is 3.17. The van der Waals surface area contributed by atoms with E-state index in [-0.39, 0.29) is 5.78 Å². The third-order valence-corrected chi connectivity index (χ3v) is 1.99. The summed E-state index contributed by atoms with van der Waals surface area (Å²) in [5.41, 5.74) is 1.13. The van der Waals surface area contributed by atoms with Gasteiger partial charge in [0.2, 0.25) is 5.78 Å². The molecule has 0 saturated heterocycles. The first-order valence-electron chi connectivity index (χ1n) is 4.99. The minimum Gasteiger partial charge on any atom is -0.399 e. The number of carbonyl (C=O) groups excluding carboxylic acids is 1. The Morgan fingerprint density at radius 2 is 2.00 bits per heavy atom. The van der Waals surface area contributed by atoms with E-state index >= 15 is 0 Å². The van der Waals surface area contributed by atoms with E-state index in [0.29, 0.717) is 17.7 Å². The summed E-state index contributed by atoms with van der Waals surface area (Å²) in [6, 6.07) is 9.11. The second-order valence-corrected chi connectivity index (χ2v) is 3.17. The summed E-state index contributed by atoms with van der Waals surface area (Å²) >= 11 is 0. The number of benzene rings is 1. The second kappa shape index (κ2) is 5.96. The summed E-state index contributed by atoms with van der Waals surface area (Å²) < 4.78 is 0. The van der Waals surface area contributed by atoms with Gasteiger partial charge in [0, 0.05) is 5.56 Å².